The summed E-state index contributed by atoms with van der Waals surface area (Å²) < 4.78 is 0. The fraction of sp³-hybridized carbons (Fsp3) is 0.118. The van der Waals surface area contributed by atoms with Gasteiger partial charge in [-0.25, -0.2) is 9.97 Å². The summed E-state index contributed by atoms with van der Waals surface area (Å²) in [5, 5.41) is 3.41. The standard InChI is InChI=1S/C17H15N3OS/c1-11-7-6-10-14(18-11)16(21)20-17-19-12(2)15(22-17)13-8-4-3-5-9-13/h3-10H,1-2H3,(H,19,20,21). The number of hydrogen-bond donors (Lipinski definition) is 1. The van der Waals surface area contributed by atoms with Crippen LogP contribution in [0.25, 0.3) is 10.4 Å². The maximum atomic E-state index is 12.2. The Kier molecular flexibility index (Phi) is 3.98. The van der Waals surface area contributed by atoms with Crippen molar-refractivity contribution in [2.45, 2.75) is 13.8 Å². The molecule has 2 aromatic heterocycles. The van der Waals surface area contributed by atoms with E-state index < -0.39 is 0 Å². The van der Waals surface area contributed by atoms with E-state index in [9.17, 15) is 4.79 Å². The zero-order valence-electron chi connectivity index (χ0n) is 12.3. The number of amides is 1. The molecule has 0 aliphatic heterocycles. The average molecular weight is 309 g/mol. The number of pyridine rings is 1. The molecule has 2 heterocycles. The van der Waals surface area contributed by atoms with Gasteiger partial charge < -0.3 is 0 Å². The van der Waals surface area contributed by atoms with Gasteiger partial charge in [-0.2, -0.15) is 0 Å². The van der Waals surface area contributed by atoms with Crippen molar-refractivity contribution in [3.63, 3.8) is 0 Å². The maximum absolute atomic E-state index is 12.2. The molecule has 1 N–H and O–H groups in total. The van der Waals surface area contributed by atoms with Gasteiger partial charge in [-0.05, 0) is 31.5 Å². The van der Waals surface area contributed by atoms with E-state index >= 15 is 0 Å². The van der Waals surface area contributed by atoms with Gasteiger partial charge in [0.2, 0.25) is 0 Å². The van der Waals surface area contributed by atoms with Crippen molar-refractivity contribution in [2.75, 3.05) is 5.32 Å². The van der Waals surface area contributed by atoms with Gasteiger partial charge in [-0.3, -0.25) is 10.1 Å². The van der Waals surface area contributed by atoms with Gasteiger partial charge in [0, 0.05) is 5.69 Å². The molecule has 1 aromatic carbocycles. The second-order valence-electron chi connectivity index (χ2n) is 4.92. The Balaban J connectivity index is 1.84. The van der Waals surface area contributed by atoms with Gasteiger partial charge in [0.05, 0.1) is 10.6 Å². The van der Waals surface area contributed by atoms with Crippen molar-refractivity contribution in [3.05, 3.63) is 65.6 Å². The van der Waals surface area contributed by atoms with E-state index in [4.69, 9.17) is 0 Å². The Bertz CT molecular complexity index is 812. The summed E-state index contributed by atoms with van der Waals surface area (Å²) in [6.07, 6.45) is 0. The topological polar surface area (TPSA) is 54.9 Å². The van der Waals surface area contributed by atoms with Crippen LogP contribution in [0.3, 0.4) is 0 Å². The van der Waals surface area contributed by atoms with Crippen LogP contribution in [-0.2, 0) is 0 Å². The van der Waals surface area contributed by atoms with Crippen molar-refractivity contribution in [1.82, 2.24) is 9.97 Å². The van der Waals surface area contributed by atoms with Crippen LogP contribution in [0.5, 0.6) is 0 Å². The molecule has 22 heavy (non-hydrogen) atoms. The molecule has 0 spiro atoms. The van der Waals surface area contributed by atoms with Gasteiger partial charge in [-0.15, -0.1) is 0 Å². The van der Waals surface area contributed by atoms with Crippen molar-refractivity contribution in [3.8, 4) is 10.4 Å². The molecule has 110 valence electrons. The van der Waals surface area contributed by atoms with Gasteiger partial charge in [0.1, 0.15) is 5.69 Å². The summed E-state index contributed by atoms with van der Waals surface area (Å²) in [6.45, 7) is 3.80. The van der Waals surface area contributed by atoms with Crippen LogP contribution in [0.15, 0.2) is 48.5 Å². The predicted octanol–water partition coefficient (Wildman–Crippen LogP) is 4.07. The van der Waals surface area contributed by atoms with Crippen LogP contribution < -0.4 is 5.32 Å². The molecule has 0 fully saturated rings. The first-order valence-electron chi connectivity index (χ1n) is 6.91. The Labute approximate surface area is 132 Å². The molecule has 0 aliphatic carbocycles. The number of aromatic nitrogens is 2. The second kappa shape index (κ2) is 6.07. The van der Waals surface area contributed by atoms with Crippen LogP contribution in [0.4, 0.5) is 5.13 Å². The van der Waals surface area contributed by atoms with Crippen molar-refractivity contribution >= 4 is 22.4 Å². The molecule has 3 rings (SSSR count). The lowest BCUT2D eigenvalue weighted by atomic mass is 10.2. The van der Waals surface area contributed by atoms with E-state index in [1.54, 1.807) is 6.07 Å². The minimum atomic E-state index is -0.239. The molecule has 0 saturated heterocycles. The van der Waals surface area contributed by atoms with E-state index in [-0.39, 0.29) is 5.91 Å². The molecule has 3 aromatic rings. The largest absolute Gasteiger partial charge is 0.296 e. The van der Waals surface area contributed by atoms with E-state index in [2.05, 4.69) is 15.3 Å². The Morgan fingerprint density at radius 2 is 1.77 bits per heavy atom. The van der Waals surface area contributed by atoms with Crippen molar-refractivity contribution in [1.29, 1.82) is 0 Å². The lowest BCUT2D eigenvalue weighted by Gasteiger charge is -2.01. The zero-order valence-corrected chi connectivity index (χ0v) is 13.1. The molecule has 0 bridgehead atoms. The highest BCUT2D eigenvalue weighted by atomic mass is 32.1. The summed E-state index contributed by atoms with van der Waals surface area (Å²) in [4.78, 5) is 21.9. The number of aryl methyl sites for hydroxylation is 2. The Morgan fingerprint density at radius 1 is 1.00 bits per heavy atom. The third kappa shape index (κ3) is 3.04. The average Bonchev–Trinajstić information content (AvgIpc) is 2.88. The number of nitrogens with one attached hydrogen (secondary N) is 1. The number of benzene rings is 1. The smallest absolute Gasteiger partial charge is 0.276 e. The third-order valence-corrected chi connectivity index (χ3v) is 4.30. The maximum Gasteiger partial charge on any atom is 0.276 e. The van der Waals surface area contributed by atoms with Gasteiger partial charge >= 0.3 is 0 Å². The Morgan fingerprint density at radius 3 is 2.50 bits per heavy atom. The molecule has 0 atom stereocenters. The molecule has 0 unspecified atom stereocenters. The molecular weight excluding hydrogens is 294 g/mol. The molecule has 0 saturated carbocycles. The molecular formula is C17H15N3OS. The lowest BCUT2D eigenvalue weighted by Crippen LogP contribution is -2.13. The van der Waals surface area contributed by atoms with Crippen LogP contribution in [0, 0.1) is 13.8 Å². The molecule has 0 aliphatic rings. The van der Waals surface area contributed by atoms with E-state index in [0.29, 0.717) is 10.8 Å². The molecule has 1 amide bonds. The Hall–Kier alpha value is -2.53. The highest BCUT2D eigenvalue weighted by Gasteiger charge is 2.13. The number of anilines is 1. The first-order valence-corrected chi connectivity index (χ1v) is 7.73. The van der Waals surface area contributed by atoms with Gasteiger partial charge in [0.15, 0.2) is 5.13 Å². The number of nitrogens with zero attached hydrogens (tertiary/aromatic N) is 2. The highest BCUT2D eigenvalue weighted by Crippen LogP contribution is 2.32. The number of thiazole rings is 1. The monoisotopic (exact) mass is 309 g/mol. The van der Waals surface area contributed by atoms with E-state index in [1.165, 1.54) is 11.3 Å². The fourth-order valence-corrected chi connectivity index (χ4v) is 3.10. The first kappa shape index (κ1) is 14.4. The van der Waals surface area contributed by atoms with E-state index in [1.807, 2.05) is 56.3 Å². The molecule has 5 heteroatoms. The predicted molar refractivity (Wildman–Crippen MR) is 89.2 cm³/mol. The van der Waals surface area contributed by atoms with Crippen LogP contribution in [0.2, 0.25) is 0 Å². The van der Waals surface area contributed by atoms with Crippen molar-refractivity contribution in [2.24, 2.45) is 0 Å². The molecule has 0 radical (unpaired) electrons. The summed E-state index contributed by atoms with van der Waals surface area (Å²) >= 11 is 1.47. The SMILES string of the molecule is Cc1cccc(C(=O)Nc2nc(C)c(-c3ccccc3)s2)n1. The number of hydrogen-bond acceptors (Lipinski definition) is 4. The lowest BCUT2D eigenvalue weighted by molar-refractivity contribution is 0.102. The quantitative estimate of drug-likeness (QED) is 0.793. The number of rotatable bonds is 3. The highest BCUT2D eigenvalue weighted by molar-refractivity contribution is 7.19. The third-order valence-electron chi connectivity index (χ3n) is 3.17. The fourth-order valence-electron chi connectivity index (χ4n) is 2.14. The second-order valence-corrected chi connectivity index (χ2v) is 5.92. The van der Waals surface area contributed by atoms with E-state index in [0.717, 1.165) is 21.8 Å². The van der Waals surface area contributed by atoms with Crippen LogP contribution in [-0.4, -0.2) is 15.9 Å². The minimum absolute atomic E-state index is 0.239. The van der Waals surface area contributed by atoms with Gasteiger partial charge in [-0.1, -0.05) is 47.7 Å². The van der Waals surface area contributed by atoms with Gasteiger partial charge in [0.25, 0.3) is 5.91 Å². The number of carbonyl (C=O) groups is 1. The summed E-state index contributed by atoms with van der Waals surface area (Å²) in [5.74, 6) is -0.239. The molecule has 4 nitrogen and oxygen atoms in total. The minimum Gasteiger partial charge on any atom is -0.296 e. The van der Waals surface area contributed by atoms with Crippen molar-refractivity contribution < 1.29 is 4.79 Å². The number of carbonyl (C=O) groups excluding carboxylic acids is 1. The zero-order chi connectivity index (χ0) is 15.5. The summed E-state index contributed by atoms with van der Waals surface area (Å²) in [7, 11) is 0. The van der Waals surface area contributed by atoms with Crippen LogP contribution in [0.1, 0.15) is 21.9 Å². The summed E-state index contributed by atoms with van der Waals surface area (Å²) in [6, 6.07) is 15.4. The first-order chi connectivity index (χ1) is 10.6. The summed E-state index contributed by atoms with van der Waals surface area (Å²) in [5.41, 5.74) is 3.22. The normalized spacial score (nSPS) is 10.5. The van der Waals surface area contributed by atoms with Crippen LogP contribution >= 0.6 is 11.3 Å².